The van der Waals surface area contributed by atoms with E-state index in [1.54, 1.807) is 0 Å². The smallest absolute Gasteiger partial charge is 0.135 e. The van der Waals surface area contributed by atoms with Gasteiger partial charge >= 0.3 is 0 Å². The van der Waals surface area contributed by atoms with Gasteiger partial charge in [0.05, 0.1) is 49.0 Å². The molecule has 1 saturated carbocycles. The minimum atomic E-state index is 0.338. The molecule has 5 aromatic heterocycles. The second kappa shape index (κ2) is 31.7. The summed E-state index contributed by atoms with van der Waals surface area (Å²) in [7, 11) is 4.55. The van der Waals surface area contributed by atoms with Crippen LogP contribution in [0, 0.1) is 34.6 Å². The van der Waals surface area contributed by atoms with Gasteiger partial charge < -0.3 is 51.5 Å². The van der Waals surface area contributed by atoms with Crippen LogP contribution < -0.4 is 29.4 Å². The first kappa shape index (κ1) is 80.8. The lowest BCUT2D eigenvalue weighted by molar-refractivity contribution is 0.131. The van der Waals surface area contributed by atoms with Crippen molar-refractivity contribution in [2.24, 2.45) is 0 Å². The zero-order valence-electron chi connectivity index (χ0n) is 76.9. The summed E-state index contributed by atoms with van der Waals surface area (Å²) >= 11 is 0. The fourth-order valence-electron chi connectivity index (χ4n) is 25.3. The highest BCUT2D eigenvalue weighted by Gasteiger charge is 2.49. The average Bonchev–Trinajstić information content (AvgIpc) is 1.57. The number of hydrogen-bond donors (Lipinski definition) is 0. The molecule has 7 saturated heterocycles. The largest absolute Gasteiger partial charge is 0.456 e. The van der Waals surface area contributed by atoms with Gasteiger partial charge in [-0.15, -0.1) is 0 Å². The van der Waals surface area contributed by atoms with E-state index in [0.717, 1.165) is 94.3 Å². The molecule has 29 rings (SSSR count). The summed E-state index contributed by atoms with van der Waals surface area (Å²) in [5.41, 5.74) is 31.8. The van der Waals surface area contributed by atoms with Crippen molar-refractivity contribution in [2.45, 2.75) is 200 Å². The SMILES string of the molecule is Cc1cc2oc3ccccc3c2cc1N1C2CC(c3ccccc32)N(C)C1C.Cc1cc2oc3ccccc3c2cc1N1C2CCC(C2)N(C)C1C.Cc1cc2oc3ccccc3c2cc1N1C2CCCN(CC2)C1C.Cc1cc2oc3ccccc3c2cc1N1C2CN(Cc3ccccc32)C1C.Cc1cc2oc3ccccc3c2cc1N1C2Cc3ccccc3N(C2)C1C. The van der Waals surface area contributed by atoms with Crippen molar-refractivity contribution < 1.29 is 22.1 Å². The fourth-order valence-corrected chi connectivity index (χ4v) is 25.3. The lowest BCUT2D eigenvalue weighted by Crippen LogP contribution is -2.56. The highest BCUT2D eigenvalue weighted by atomic mass is 16.3. The number of rotatable bonds is 5. The summed E-state index contributed by atoms with van der Waals surface area (Å²) < 4.78 is 30.4. The monoisotopic (exact) mass is 1720 g/mol. The Balaban J connectivity index is 0.0000000902. The van der Waals surface area contributed by atoms with Crippen LogP contribution in [0.2, 0.25) is 0 Å². The molecule has 9 aliphatic heterocycles. The van der Waals surface area contributed by atoms with Gasteiger partial charge in [0.15, 0.2) is 0 Å². The number of fused-ring (bicyclic) bond motifs is 34. The van der Waals surface area contributed by atoms with E-state index < -0.39 is 0 Å². The molecule has 14 atom stereocenters. The first-order chi connectivity index (χ1) is 63.4. The standard InChI is InChI=1S/C25H24N2O.2C24H22N2O.2C21H24N2O/c1-15-12-25-20(19-10-6-7-11-24(19)28-25)13-21(15)27-16(2)26(3)22-14-23(27)18-9-5-4-8-17(18)22;1-15-11-24-20(19-8-4-6-10-23(19)27-24)13-22(15)26-16(2)25-14-18(26)12-17-7-3-5-9-21(17)25;1-15-11-24-20(19-9-5-6-10-23(19)27-24)12-21(15)26-16(2)25-13-17-7-3-4-8-18(17)22(26)14-25;1-13-10-21-18(17-6-4-5-7-20(17)24-21)12-19(13)23-14(2)22(3)15-8-9-16(23)11-15;1-14-12-21-18(17-7-3-4-8-20(17)24-21)13-19(14)23-15(2)22-10-5-6-16(23)9-11-22/h4-13,16,22-23H,14H2,1-3H3;3-11,13,16,18H,12,14H2,1-2H3;3-12,16,22H,13-14H2,1-2H3;4-7,10,12,14-16H,8-9,11H2,1-3H3;3-4,7-8,12-13,15-16H,5-6,9-11H2,1-2H3. The van der Waals surface area contributed by atoms with Crippen molar-refractivity contribution in [1.82, 2.24) is 19.6 Å². The Hall–Kier alpha value is -12.5. The topological polar surface area (TPSA) is 98.1 Å². The highest BCUT2D eigenvalue weighted by molar-refractivity contribution is 6.11. The minimum absolute atomic E-state index is 0.338. The van der Waals surface area contributed by atoms with Gasteiger partial charge in [-0.2, -0.15) is 0 Å². The van der Waals surface area contributed by atoms with E-state index in [4.69, 9.17) is 22.1 Å². The normalized spacial score (nSPS) is 24.7. The van der Waals surface area contributed by atoms with E-state index in [-0.39, 0.29) is 0 Å². The number of furan rings is 5. The van der Waals surface area contributed by atoms with E-state index in [1.807, 2.05) is 30.3 Å². The second-order valence-corrected chi connectivity index (χ2v) is 39.1. The maximum absolute atomic E-state index is 6.11. The highest BCUT2D eigenvalue weighted by Crippen LogP contribution is 2.55. The van der Waals surface area contributed by atoms with Crippen LogP contribution in [0.3, 0.4) is 0 Å². The van der Waals surface area contributed by atoms with Gasteiger partial charge in [0, 0.05) is 145 Å². The fraction of sp³-hybridized carbons (Fsp3) is 0.322. The molecule has 0 spiro atoms. The molecule has 18 aromatic rings. The first-order valence-corrected chi connectivity index (χ1v) is 47.8. The third-order valence-corrected chi connectivity index (χ3v) is 32.1. The van der Waals surface area contributed by atoms with Gasteiger partial charge in [0.25, 0.3) is 0 Å². The number of hydrogen-bond acceptors (Lipinski definition) is 15. The molecule has 2 aliphatic carbocycles. The van der Waals surface area contributed by atoms with E-state index in [0.29, 0.717) is 67.1 Å². The predicted molar refractivity (Wildman–Crippen MR) is 536 cm³/mol. The van der Waals surface area contributed by atoms with Crippen LogP contribution >= 0.6 is 0 Å². The molecule has 10 bridgehead atoms. The maximum Gasteiger partial charge on any atom is 0.135 e. The number of anilines is 6. The zero-order chi connectivity index (χ0) is 87.9. The molecule has 0 radical (unpaired) electrons. The Morgan fingerprint density at radius 3 is 1.12 bits per heavy atom. The number of nitrogens with zero attached hydrogens (tertiary/aromatic N) is 10. The van der Waals surface area contributed by atoms with E-state index in [1.165, 1.54) is 195 Å². The number of para-hydroxylation sites is 6. The number of benzene rings is 13. The molecular weight excluding hydrogens is 1600 g/mol. The summed E-state index contributed by atoms with van der Waals surface area (Å²) in [4.78, 5) is 26.1. The van der Waals surface area contributed by atoms with Gasteiger partial charge in [0.1, 0.15) is 55.8 Å². The van der Waals surface area contributed by atoms with Gasteiger partial charge in [-0.05, 0) is 287 Å². The van der Waals surface area contributed by atoms with Crippen LogP contribution in [-0.4, -0.2) is 115 Å². The molecule has 0 N–H and O–H groups in total. The average molecular weight is 1720 g/mol. The second-order valence-electron chi connectivity index (χ2n) is 39.1. The third kappa shape index (κ3) is 13.1. The van der Waals surface area contributed by atoms with Gasteiger partial charge in [-0.3, -0.25) is 19.6 Å². The van der Waals surface area contributed by atoms with Crippen LogP contribution in [0.5, 0.6) is 0 Å². The third-order valence-electron chi connectivity index (χ3n) is 32.1. The van der Waals surface area contributed by atoms with Gasteiger partial charge in [-0.25, -0.2) is 0 Å². The minimum Gasteiger partial charge on any atom is -0.456 e. The Morgan fingerprint density at radius 1 is 0.262 bits per heavy atom. The molecule has 11 aliphatic rings. The van der Waals surface area contributed by atoms with Crippen molar-refractivity contribution in [3.05, 3.63) is 310 Å². The molecule has 15 heteroatoms. The van der Waals surface area contributed by atoms with Crippen LogP contribution in [-0.2, 0) is 13.0 Å². The Labute approximate surface area is 761 Å². The summed E-state index contributed by atoms with van der Waals surface area (Å²) in [6.45, 7) is 28.5. The van der Waals surface area contributed by atoms with Crippen LogP contribution in [0.15, 0.2) is 277 Å². The van der Waals surface area contributed by atoms with Crippen molar-refractivity contribution >= 4 is 144 Å². The van der Waals surface area contributed by atoms with Crippen LogP contribution in [0.1, 0.15) is 153 Å². The van der Waals surface area contributed by atoms with E-state index in [9.17, 15) is 0 Å². The summed E-state index contributed by atoms with van der Waals surface area (Å²) in [6, 6.07) is 95.4. The number of aryl methyl sites for hydroxylation is 5. The Kier molecular flexibility index (Phi) is 19.7. The Bertz CT molecular complexity index is 7340. The van der Waals surface area contributed by atoms with E-state index >= 15 is 0 Å². The lowest BCUT2D eigenvalue weighted by Gasteiger charge is -2.47. The summed E-state index contributed by atoms with van der Waals surface area (Å²) in [6.07, 6.45) is 12.1. The van der Waals surface area contributed by atoms with Gasteiger partial charge in [-0.1, -0.05) is 158 Å². The van der Waals surface area contributed by atoms with Crippen molar-refractivity contribution in [3.63, 3.8) is 0 Å². The molecule has 14 heterocycles. The van der Waals surface area contributed by atoms with Crippen LogP contribution in [0.4, 0.5) is 34.1 Å². The van der Waals surface area contributed by atoms with Crippen molar-refractivity contribution in [3.8, 4) is 0 Å². The molecule has 14 unspecified atom stereocenters. The molecule has 656 valence electrons. The summed E-state index contributed by atoms with van der Waals surface area (Å²) in [5.74, 6) is 0. The molecule has 130 heavy (non-hydrogen) atoms. The molecule has 0 amide bonds. The molecule has 8 fully saturated rings. The lowest BCUT2D eigenvalue weighted by atomic mass is 9.96. The summed E-state index contributed by atoms with van der Waals surface area (Å²) in [5, 5.41) is 12.2. The van der Waals surface area contributed by atoms with Crippen LogP contribution in [0.25, 0.3) is 110 Å². The predicted octanol–water partition coefficient (Wildman–Crippen LogP) is 27.1. The Morgan fingerprint density at radius 2 is 0.638 bits per heavy atom. The van der Waals surface area contributed by atoms with E-state index in [2.05, 4.69) is 357 Å². The first-order valence-electron chi connectivity index (χ1n) is 47.8. The van der Waals surface area contributed by atoms with Gasteiger partial charge in [0.2, 0.25) is 0 Å². The zero-order valence-corrected chi connectivity index (χ0v) is 76.9. The maximum atomic E-state index is 6.11. The quantitative estimate of drug-likeness (QED) is 0.163. The molecular formula is C115H116N10O5. The molecule has 13 aromatic carbocycles. The van der Waals surface area contributed by atoms with Crippen molar-refractivity contribution in [2.75, 3.05) is 69.7 Å². The van der Waals surface area contributed by atoms with Crippen molar-refractivity contribution in [1.29, 1.82) is 0 Å². The molecule has 15 nitrogen and oxygen atoms in total.